The van der Waals surface area contributed by atoms with E-state index in [1.807, 2.05) is 24.3 Å². The Balaban J connectivity index is 2.16. The highest BCUT2D eigenvalue weighted by atomic mass is 14.0. The van der Waals surface area contributed by atoms with Gasteiger partial charge in [-0.25, -0.2) is 0 Å². The Labute approximate surface area is 84.6 Å². The standard InChI is InChI=1S/C14H12/c1-2-5-9-13(8-4-1)12-14-10-6-3-7-11-14/h1-8,10-11H,12H2. The van der Waals surface area contributed by atoms with Gasteiger partial charge in [0.05, 0.1) is 0 Å². The van der Waals surface area contributed by atoms with Crippen LogP contribution >= 0.6 is 0 Å². The summed E-state index contributed by atoms with van der Waals surface area (Å²) in [5.74, 6) is 0. The fourth-order valence-electron chi connectivity index (χ4n) is 1.42. The second-order valence-corrected chi connectivity index (χ2v) is 3.24. The largest absolute Gasteiger partial charge is 0.117 e. The van der Waals surface area contributed by atoms with Crippen molar-refractivity contribution in [3.05, 3.63) is 77.6 Å². The van der Waals surface area contributed by atoms with Crippen molar-refractivity contribution >= 4 is 0 Å². The molecule has 0 heterocycles. The van der Waals surface area contributed by atoms with Gasteiger partial charge in [0.2, 0.25) is 0 Å². The summed E-state index contributed by atoms with van der Waals surface area (Å²) < 4.78 is 0. The number of hydrogen-bond donors (Lipinski definition) is 0. The molecule has 0 aromatic heterocycles. The first-order valence-electron chi connectivity index (χ1n) is 4.78. The summed E-state index contributed by atoms with van der Waals surface area (Å²) in [5, 5.41) is 0. The molecule has 1 aliphatic rings. The Morgan fingerprint density at radius 3 is 2.64 bits per heavy atom. The highest BCUT2D eigenvalue weighted by molar-refractivity contribution is 5.32. The van der Waals surface area contributed by atoms with Gasteiger partial charge in [-0.3, -0.25) is 0 Å². The summed E-state index contributed by atoms with van der Waals surface area (Å²) in [4.78, 5) is 0. The molecule has 0 N–H and O–H groups in total. The highest BCUT2D eigenvalue weighted by Crippen LogP contribution is 2.09. The van der Waals surface area contributed by atoms with Gasteiger partial charge in [0.15, 0.2) is 0 Å². The molecule has 68 valence electrons. The van der Waals surface area contributed by atoms with Crippen molar-refractivity contribution in [1.29, 1.82) is 0 Å². The molecule has 0 unspecified atom stereocenters. The topological polar surface area (TPSA) is 0 Å². The summed E-state index contributed by atoms with van der Waals surface area (Å²) in [6.07, 6.45) is 11.1. The van der Waals surface area contributed by atoms with Gasteiger partial charge in [-0.1, -0.05) is 54.6 Å². The molecule has 0 spiro atoms. The van der Waals surface area contributed by atoms with Crippen LogP contribution in [0.15, 0.2) is 72.0 Å². The fraction of sp³-hybridized carbons (Fsp3) is 0.0714. The van der Waals surface area contributed by atoms with E-state index in [0.717, 1.165) is 6.42 Å². The molecule has 0 heteroatoms. The van der Waals surface area contributed by atoms with Gasteiger partial charge in [-0.15, -0.1) is 5.73 Å². The molecule has 0 saturated heterocycles. The maximum absolute atomic E-state index is 3.25. The third kappa shape index (κ3) is 2.35. The minimum absolute atomic E-state index is 0.954. The molecular formula is C14H12. The van der Waals surface area contributed by atoms with E-state index >= 15 is 0 Å². The Bertz CT molecular complexity index is 413. The predicted octanol–water partition coefficient (Wildman–Crippen LogP) is 3.44. The zero-order valence-electron chi connectivity index (χ0n) is 7.98. The van der Waals surface area contributed by atoms with E-state index in [2.05, 4.69) is 42.1 Å². The maximum Gasteiger partial charge on any atom is 0.00479 e. The summed E-state index contributed by atoms with van der Waals surface area (Å²) in [5.41, 5.74) is 5.80. The first-order chi connectivity index (χ1) is 6.95. The molecule has 0 nitrogen and oxygen atoms in total. The summed E-state index contributed by atoms with van der Waals surface area (Å²) in [7, 11) is 0. The van der Waals surface area contributed by atoms with E-state index in [1.165, 1.54) is 11.1 Å². The molecule has 0 radical (unpaired) electrons. The van der Waals surface area contributed by atoms with Gasteiger partial charge in [0, 0.05) is 6.42 Å². The van der Waals surface area contributed by atoms with Crippen LogP contribution in [0, 0.1) is 0 Å². The van der Waals surface area contributed by atoms with E-state index in [1.54, 1.807) is 0 Å². The zero-order chi connectivity index (χ0) is 9.64. The van der Waals surface area contributed by atoms with Crippen LogP contribution < -0.4 is 0 Å². The Morgan fingerprint density at radius 1 is 0.929 bits per heavy atom. The van der Waals surface area contributed by atoms with Crippen molar-refractivity contribution in [2.45, 2.75) is 6.42 Å². The van der Waals surface area contributed by atoms with E-state index in [-0.39, 0.29) is 0 Å². The van der Waals surface area contributed by atoms with Gasteiger partial charge < -0.3 is 0 Å². The molecule has 0 atom stereocenters. The first kappa shape index (κ1) is 8.80. The molecule has 0 fully saturated rings. The van der Waals surface area contributed by atoms with Crippen LogP contribution in [0.25, 0.3) is 0 Å². The van der Waals surface area contributed by atoms with Crippen LogP contribution in [0.5, 0.6) is 0 Å². The second kappa shape index (κ2) is 4.45. The average molecular weight is 180 g/mol. The quantitative estimate of drug-likeness (QED) is 0.611. The number of allylic oxidation sites excluding steroid dienone is 5. The highest BCUT2D eigenvalue weighted by Gasteiger charge is 1.94. The summed E-state index contributed by atoms with van der Waals surface area (Å²) >= 11 is 0. The molecule has 0 bridgehead atoms. The molecule has 0 saturated carbocycles. The summed E-state index contributed by atoms with van der Waals surface area (Å²) in [6, 6.07) is 10.5. The molecule has 14 heavy (non-hydrogen) atoms. The molecule has 0 amide bonds. The van der Waals surface area contributed by atoms with Gasteiger partial charge >= 0.3 is 0 Å². The van der Waals surface area contributed by atoms with Crippen LogP contribution in [0.2, 0.25) is 0 Å². The minimum Gasteiger partial charge on any atom is -0.117 e. The van der Waals surface area contributed by atoms with Crippen molar-refractivity contribution in [3.63, 3.8) is 0 Å². The lowest BCUT2D eigenvalue weighted by molar-refractivity contribution is 1.20. The molecule has 2 rings (SSSR count). The van der Waals surface area contributed by atoms with Gasteiger partial charge in [-0.2, -0.15) is 0 Å². The smallest absolute Gasteiger partial charge is 0.00479 e. The Hall–Kier alpha value is -1.78. The van der Waals surface area contributed by atoms with Crippen molar-refractivity contribution in [2.24, 2.45) is 0 Å². The van der Waals surface area contributed by atoms with Gasteiger partial charge in [-0.05, 0) is 17.2 Å². The second-order valence-electron chi connectivity index (χ2n) is 3.24. The fourth-order valence-corrected chi connectivity index (χ4v) is 1.42. The van der Waals surface area contributed by atoms with Crippen LogP contribution in [-0.4, -0.2) is 0 Å². The van der Waals surface area contributed by atoms with Crippen molar-refractivity contribution in [2.75, 3.05) is 0 Å². The van der Waals surface area contributed by atoms with Crippen molar-refractivity contribution in [1.82, 2.24) is 0 Å². The normalized spacial score (nSPS) is 13.9. The number of benzene rings is 1. The Morgan fingerprint density at radius 2 is 1.79 bits per heavy atom. The lowest BCUT2D eigenvalue weighted by atomic mass is 10.1. The van der Waals surface area contributed by atoms with Crippen molar-refractivity contribution in [3.8, 4) is 0 Å². The molecule has 1 aromatic rings. The number of rotatable bonds is 2. The van der Waals surface area contributed by atoms with E-state index in [9.17, 15) is 0 Å². The molecule has 1 aromatic carbocycles. The lowest BCUT2D eigenvalue weighted by Gasteiger charge is -1.98. The average Bonchev–Trinajstić information content (AvgIpc) is 2.48. The van der Waals surface area contributed by atoms with Gasteiger partial charge in [0.25, 0.3) is 0 Å². The lowest BCUT2D eigenvalue weighted by Crippen LogP contribution is -1.85. The monoisotopic (exact) mass is 180 g/mol. The van der Waals surface area contributed by atoms with Crippen LogP contribution in [0.3, 0.4) is 0 Å². The van der Waals surface area contributed by atoms with Crippen LogP contribution in [-0.2, 0) is 6.42 Å². The minimum atomic E-state index is 0.954. The Kier molecular flexibility index (Phi) is 2.80. The van der Waals surface area contributed by atoms with E-state index in [0.29, 0.717) is 0 Å². The first-order valence-corrected chi connectivity index (χ1v) is 4.78. The zero-order valence-corrected chi connectivity index (χ0v) is 7.98. The molecular weight excluding hydrogens is 168 g/mol. The predicted molar refractivity (Wildman–Crippen MR) is 60.0 cm³/mol. The SMILES string of the molecule is C1=CC=CC=CC=1Cc1ccccc1. The van der Waals surface area contributed by atoms with Crippen molar-refractivity contribution < 1.29 is 0 Å². The maximum atomic E-state index is 3.25. The molecule has 0 aliphatic heterocycles. The van der Waals surface area contributed by atoms with E-state index < -0.39 is 0 Å². The molecule has 1 aliphatic carbocycles. The summed E-state index contributed by atoms with van der Waals surface area (Å²) in [6.45, 7) is 0. The third-order valence-electron chi connectivity index (χ3n) is 2.12. The van der Waals surface area contributed by atoms with Gasteiger partial charge in [0.1, 0.15) is 0 Å². The van der Waals surface area contributed by atoms with Crippen LogP contribution in [0.4, 0.5) is 0 Å². The third-order valence-corrected chi connectivity index (χ3v) is 2.12. The van der Waals surface area contributed by atoms with E-state index in [4.69, 9.17) is 0 Å². The van der Waals surface area contributed by atoms with Crippen LogP contribution in [0.1, 0.15) is 5.56 Å². The number of hydrogen-bond acceptors (Lipinski definition) is 0.